The van der Waals surface area contributed by atoms with Crippen LogP contribution in [0.3, 0.4) is 0 Å². The maximum absolute atomic E-state index is 12.8. The third kappa shape index (κ3) is 3.25. The average molecular weight is 375 g/mol. The summed E-state index contributed by atoms with van der Waals surface area (Å²) in [6.07, 6.45) is 7.47. The molecule has 2 aromatic rings. The lowest BCUT2D eigenvalue weighted by Crippen LogP contribution is -2.36. The van der Waals surface area contributed by atoms with Gasteiger partial charge in [-0.25, -0.2) is 4.98 Å². The fourth-order valence-electron chi connectivity index (χ4n) is 2.85. The van der Waals surface area contributed by atoms with Gasteiger partial charge in [0.15, 0.2) is 0 Å². The summed E-state index contributed by atoms with van der Waals surface area (Å²) in [5.74, 6) is -0.179. The van der Waals surface area contributed by atoms with Crippen LogP contribution in [0.15, 0.2) is 43.6 Å². The van der Waals surface area contributed by atoms with E-state index in [1.54, 1.807) is 23.1 Å². The minimum absolute atomic E-state index is 0.124. The normalized spacial score (nSPS) is 14.2. The van der Waals surface area contributed by atoms with Gasteiger partial charge in [-0.05, 0) is 12.5 Å². The Labute approximate surface area is 155 Å². The zero-order valence-electron chi connectivity index (χ0n) is 13.4. The Hall–Kier alpha value is -2.37. The molecule has 7 heteroatoms. The number of nitrogens with one attached hydrogen (secondary N) is 1. The van der Waals surface area contributed by atoms with E-state index in [-0.39, 0.29) is 16.1 Å². The zero-order valence-corrected chi connectivity index (χ0v) is 14.9. The first-order valence-electron chi connectivity index (χ1n) is 7.67. The summed E-state index contributed by atoms with van der Waals surface area (Å²) in [4.78, 5) is 18.4. The minimum Gasteiger partial charge on any atom is -0.332 e. The molecule has 0 aliphatic carbocycles. The van der Waals surface area contributed by atoms with Gasteiger partial charge in [0.2, 0.25) is 0 Å². The van der Waals surface area contributed by atoms with E-state index in [1.165, 1.54) is 6.20 Å². The second-order valence-electron chi connectivity index (χ2n) is 5.53. The Bertz CT molecular complexity index is 885. The van der Waals surface area contributed by atoms with Crippen LogP contribution in [0.2, 0.25) is 10.2 Å². The molecule has 3 heterocycles. The molecule has 2 aromatic heterocycles. The Balaban J connectivity index is 1.87. The van der Waals surface area contributed by atoms with Crippen molar-refractivity contribution in [3.63, 3.8) is 0 Å². The molecule has 0 unspecified atom stereocenters. The lowest BCUT2D eigenvalue weighted by molar-refractivity contribution is 0.0732. The van der Waals surface area contributed by atoms with Crippen LogP contribution in [0, 0.1) is 0 Å². The van der Waals surface area contributed by atoms with Crippen LogP contribution in [-0.4, -0.2) is 32.5 Å². The summed E-state index contributed by atoms with van der Waals surface area (Å²) in [5, 5.41) is 7.70. The predicted molar refractivity (Wildman–Crippen MR) is 99.7 cm³/mol. The van der Waals surface area contributed by atoms with E-state index in [1.807, 2.05) is 6.08 Å². The summed E-state index contributed by atoms with van der Waals surface area (Å²) < 4.78 is 0. The first-order chi connectivity index (χ1) is 12.1. The van der Waals surface area contributed by atoms with Crippen molar-refractivity contribution in [2.45, 2.75) is 13.0 Å². The summed E-state index contributed by atoms with van der Waals surface area (Å²) in [6.45, 7) is 8.52. The van der Waals surface area contributed by atoms with Crippen LogP contribution in [0.25, 0.3) is 5.57 Å². The van der Waals surface area contributed by atoms with Gasteiger partial charge in [-0.2, -0.15) is 5.10 Å². The number of pyridine rings is 1. The number of rotatable bonds is 4. The molecule has 0 aromatic carbocycles. The van der Waals surface area contributed by atoms with E-state index in [4.69, 9.17) is 23.2 Å². The number of aromatic nitrogens is 3. The number of carbonyl (C=O) groups excluding carboxylic acids is 1. The van der Waals surface area contributed by atoms with Crippen LogP contribution < -0.4 is 0 Å². The fourth-order valence-corrected chi connectivity index (χ4v) is 3.21. The second kappa shape index (κ2) is 7.25. The van der Waals surface area contributed by atoms with Crippen molar-refractivity contribution in [1.29, 1.82) is 0 Å². The van der Waals surface area contributed by atoms with Gasteiger partial charge in [-0.1, -0.05) is 54.6 Å². The Morgan fingerprint density at radius 3 is 2.88 bits per heavy atom. The van der Waals surface area contributed by atoms with Gasteiger partial charge in [0.25, 0.3) is 5.91 Å². The predicted octanol–water partition coefficient (Wildman–Crippen LogP) is 4.07. The van der Waals surface area contributed by atoms with Gasteiger partial charge in [0.05, 0.1) is 28.5 Å². The van der Waals surface area contributed by atoms with Crippen molar-refractivity contribution in [2.75, 3.05) is 6.54 Å². The summed E-state index contributed by atoms with van der Waals surface area (Å²) in [7, 11) is 0. The highest BCUT2D eigenvalue weighted by atomic mass is 35.5. The quantitative estimate of drug-likeness (QED) is 0.648. The van der Waals surface area contributed by atoms with Crippen LogP contribution >= 0.6 is 23.2 Å². The molecule has 0 saturated carbocycles. The highest BCUT2D eigenvalue weighted by Gasteiger charge is 2.27. The minimum atomic E-state index is -0.179. The highest BCUT2D eigenvalue weighted by molar-refractivity contribution is 6.43. The summed E-state index contributed by atoms with van der Waals surface area (Å²) >= 11 is 12.0. The van der Waals surface area contributed by atoms with Gasteiger partial charge in [-0.15, -0.1) is 0 Å². The van der Waals surface area contributed by atoms with Crippen LogP contribution in [0.5, 0.6) is 0 Å². The number of hydrogen-bond donors (Lipinski definition) is 1. The third-order valence-electron chi connectivity index (χ3n) is 4.09. The number of carbonyl (C=O) groups is 1. The molecule has 0 radical (unpaired) electrons. The van der Waals surface area contributed by atoms with Crippen molar-refractivity contribution in [1.82, 2.24) is 20.1 Å². The first-order valence-corrected chi connectivity index (χ1v) is 8.43. The number of allylic oxidation sites excluding steroid dienone is 4. The van der Waals surface area contributed by atoms with E-state index in [0.29, 0.717) is 25.1 Å². The number of amides is 1. The molecular weight excluding hydrogens is 359 g/mol. The molecule has 5 nitrogen and oxygen atoms in total. The Morgan fingerprint density at radius 2 is 2.16 bits per heavy atom. The van der Waals surface area contributed by atoms with Gasteiger partial charge >= 0.3 is 0 Å². The lowest BCUT2D eigenvalue weighted by Gasteiger charge is -2.27. The number of aromatic amines is 1. The molecule has 0 saturated heterocycles. The molecule has 0 spiro atoms. The topological polar surface area (TPSA) is 61.9 Å². The zero-order chi connectivity index (χ0) is 18.0. The molecule has 3 rings (SSSR count). The summed E-state index contributed by atoms with van der Waals surface area (Å²) in [6, 6.07) is 1.58. The number of hydrogen-bond acceptors (Lipinski definition) is 3. The molecule has 25 heavy (non-hydrogen) atoms. The van der Waals surface area contributed by atoms with Gasteiger partial charge in [0, 0.05) is 23.9 Å². The smallest absolute Gasteiger partial charge is 0.255 e. The average Bonchev–Trinajstić information content (AvgIpc) is 3.04. The number of H-pyrrole nitrogens is 1. The van der Waals surface area contributed by atoms with Crippen molar-refractivity contribution in [3.05, 3.63) is 76.3 Å². The van der Waals surface area contributed by atoms with Crippen LogP contribution in [0.4, 0.5) is 0 Å². The van der Waals surface area contributed by atoms with Crippen molar-refractivity contribution >= 4 is 34.7 Å². The monoisotopic (exact) mass is 374 g/mol. The van der Waals surface area contributed by atoms with Crippen LogP contribution in [-0.2, 0) is 13.0 Å². The molecule has 0 atom stereocenters. The van der Waals surface area contributed by atoms with E-state index in [0.717, 1.165) is 22.5 Å². The van der Waals surface area contributed by atoms with E-state index in [9.17, 15) is 4.79 Å². The van der Waals surface area contributed by atoms with E-state index < -0.39 is 0 Å². The van der Waals surface area contributed by atoms with E-state index in [2.05, 4.69) is 28.3 Å². The summed E-state index contributed by atoms with van der Waals surface area (Å²) in [5.41, 5.74) is 4.10. The Morgan fingerprint density at radius 1 is 1.36 bits per heavy atom. The lowest BCUT2D eigenvalue weighted by atomic mass is 9.99. The number of nitrogens with zero attached hydrogens (tertiary/aromatic N) is 3. The highest BCUT2D eigenvalue weighted by Crippen LogP contribution is 2.29. The Kier molecular flexibility index (Phi) is 5.06. The largest absolute Gasteiger partial charge is 0.332 e. The maximum atomic E-state index is 12.8. The first kappa shape index (κ1) is 17.5. The van der Waals surface area contributed by atoms with Gasteiger partial charge in [-0.3, -0.25) is 9.89 Å². The molecule has 128 valence electrons. The standard InChI is InChI=1S/C18H16Cl2N4O/c1-3-5-11(4-2)16-12-7-9-24(10-14(12)22-23-16)18(25)13-6-8-21-17(20)15(13)19/h3-6,8H,1-2,7,9-10H2,(H,22,23)/b11-5+. The molecule has 1 amide bonds. The number of fused-ring (bicyclic) bond motifs is 1. The van der Waals surface area contributed by atoms with Crippen molar-refractivity contribution < 1.29 is 4.79 Å². The molecule has 0 bridgehead atoms. The fraction of sp³-hybridized carbons (Fsp3) is 0.167. The van der Waals surface area contributed by atoms with Gasteiger partial charge in [0.1, 0.15) is 5.15 Å². The molecule has 1 aliphatic rings. The van der Waals surface area contributed by atoms with Gasteiger partial charge < -0.3 is 4.90 Å². The SMILES string of the molecule is C=C/C=C(\C=C)c1n[nH]c2c1CCN(C(=O)c1ccnc(Cl)c1Cl)C2. The molecule has 0 fully saturated rings. The third-order valence-corrected chi connectivity index (χ3v) is 4.85. The second-order valence-corrected chi connectivity index (χ2v) is 6.27. The van der Waals surface area contributed by atoms with Crippen LogP contribution in [0.1, 0.15) is 27.3 Å². The molecule has 1 N–H and O–H groups in total. The maximum Gasteiger partial charge on any atom is 0.255 e. The van der Waals surface area contributed by atoms with Crippen molar-refractivity contribution in [3.8, 4) is 0 Å². The number of halogens is 2. The van der Waals surface area contributed by atoms with Crippen molar-refractivity contribution in [2.24, 2.45) is 0 Å². The van der Waals surface area contributed by atoms with E-state index >= 15 is 0 Å². The molecule has 1 aliphatic heterocycles. The molecular formula is C18H16Cl2N4O.